The van der Waals surface area contributed by atoms with Crippen LogP contribution in [0, 0.1) is 0 Å². The number of benzene rings is 1. The summed E-state index contributed by atoms with van der Waals surface area (Å²) >= 11 is 0. The van der Waals surface area contributed by atoms with Gasteiger partial charge in [0.1, 0.15) is 11.2 Å². The molecule has 2 N–H and O–H groups in total. The summed E-state index contributed by atoms with van der Waals surface area (Å²) < 4.78 is 0. The van der Waals surface area contributed by atoms with E-state index in [0.717, 1.165) is 24.6 Å². The minimum Gasteiger partial charge on any atom is -0.480 e. The predicted octanol–water partition coefficient (Wildman–Crippen LogP) is 4.56. The minimum atomic E-state index is -1.28. The van der Waals surface area contributed by atoms with Gasteiger partial charge in [0.05, 0.1) is 5.52 Å². The van der Waals surface area contributed by atoms with Crippen LogP contribution >= 0.6 is 0 Å². The van der Waals surface area contributed by atoms with E-state index in [4.69, 9.17) is 0 Å². The molecule has 0 aliphatic carbocycles. The normalized spacial score (nSPS) is 13.3. The van der Waals surface area contributed by atoms with Crippen LogP contribution in [0.3, 0.4) is 0 Å². The number of pyridine rings is 1. The summed E-state index contributed by atoms with van der Waals surface area (Å²) in [6.45, 7) is 3.73. The zero-order chi connectivity index (χ0) is 19.0. The van der Waals surface area contributed by atoms with Crippen LogP contribution in [0.4, 0.5) is 0 Å². The largest absolute Gasteiger partial charge is 0.480 e. The second kappa shape index (κ2) is 9.32. The number of unbranched alkanes of at least 4 members (excludes halogenated alkanes) is 5. The maximum Gasteiger partial charge on any atom is 0.329 e. The highest BCUT2D eigenvalue weighted by Crippen LogP contribution is 2.18. The Balaban J connectivity index is 2.00. The van der Waals surface area contributed by atoms with Crippen LogP contribution in [-0.4, -0.2) is 27.5 Å². The lowest BCUT2D eigenvalue weighted by Crippen LogP contribution is -2.52. The lowest BCUT2D eigenvalue weighted by atomic mass is 9.93. The van der Waals surface area contributed by atoms with Crippen molar-refractivity contribution in [2.24, 2.45) is 0 Å². The average molecular weight is 356 g/mol. The number of fused-ring (bicyclic) bond motifs is 1. The Kier molecular flexibility index (Phi) is 7.13. The summed E-state index contributed by atoms with van der Waals surface area (Å²) in [4.78, 5) is 28.6. The molecule has 26 heavy (non-hydrogen) atoms. The molecule has 1 amide bonds. The summed E-state index contributed by atoms with van der Waals surface area (Å²) in [7, 11) is 0. The number of nitrogens with zero attached hydrogens (tertiary/aromatic N) is 1. The molecule has 2 rings (SSSR count). The van der Waals surface area contributed by atoms with Gasteiger partial charge in [-0.15, -0.1) is 0 Å². The van der Waals surface area contributed by atoms with E-state index in [2.05, 4.69) is 17.2 Å². The molecule has 1 aromatic carbocycles. The van der Waals surface area contributed by atoms with Crippen molar-refractivity contribution in [1.29, 1.82) is 0 Å². The second-order valence-corrected chi connectivity index (χ2v) is 7.00. The van der Waals surface area contributed by atoms with Gasteiger partial charge in [0.25, 0.3) is 5.91 Å². The Morgan fingerprint density at radius 2 is 1.73 bits per heavy atom. The van der Waals surface area contributed by atoms with Gasteiger partial charge < -0.3 is 10.4 Å². The van der Waals surface area contributed by atoms with Crippen LogP contribution < -0.4 is 5.32 Å². The van der Waals surface area contributed by atoms with Gasteiger partial charge in [-0.25, -0.2) is 9.78 Å². The van der Waals surface area contributed by atoms with Crippen molar-refractivity contribution in [3.05, 3.63) is 42.1 Å². The number of hydrogen-bond donors (Lipinski definition) is 2. The van der Waals surface area contributed by atoms with Crippen molar-refractivity contribution in [2.45, 2.75) is 64.3 Å². The van der Waals surface area contributed by atoms with Crippen LogP contribution in [0.15, 0.2) is 36.4 Å². The first-order valence-electron chi connectivity index (χ1n) is 9.38. The number of amides is 1. The molecule has 0 saturated carbocycles. The topological polar surface area (TPSA) is 79.3 Å². The highest BCUT2D eigenvalue weighted by atomic mass is 16.4. The molecular weight excluding hydrogens is 328 g/mol. The van der Waals surface area contributed by atoms with E-state index in [1.54, 1.807) is 13.0 Å². The van der Waals surface area contributed by atoms with Gasteiger partial charge in [0.2, 0.25) is 0 Å². The maximum atomic E-state index is 12.5. The SMILES string of the molecule is CCCCCCCCC(C)(NC(=O)c1ccc2ccccc2n1)C(=O)O. The average Bonchev–Trinajstić information content (AvgIpc) is 2.64. The van der Waals surface area contributed by atoms with Gasteiger partial charge in [-0.3, -0.25) is 4.79 Å². The number of aromatic nitrogens is 1. The van der Waals surface area contributed by atoms with Crippen molar-refractivity contribution in [2.75, 3.05) is 0 Å². The van der Waals surface area contributed by atoms with Crippen molar-refractivity contribution in [1.82, 2.24) is 10.3 Å². The van der Waals surface area contributed by atoms with Crippen LogP contribution in [0.5, 0.6) is 0 Å². The Morgan fingerprint density at radius 1 is 1.04 bits per heavy atom. The summed E-state index contributed by atoms with van der Waals surface area (Å²) in [5.74, 6) is -1.47. The molecule has 5 nitrogen and oxygen atoms in total. The molecule has 1 unspecified atom stereocenters. The third-order valence-electron chi connectivity index (χ3n) is 4.72. The van der Waals surface area contributed by atoms with Crippen molar-refractivity contribution in [3.8, 4) is 0 Å². The first-order chi connectivity index (χ1) is 12.5. The molecule has 1 aromatic heterocycles. The minimum absolute atomic E-state index is 0.235. The molecule has 5 heteroatoms. The third kappa shape index (κ3) is 5.28. The molecule has 0 aliphatic rings. The van der Waals surface area contributed by atoms with Crippen LogP contribution in [0.1, 0.15) is 69.3 Å². The summed E-state index contributed by atoms with van der Waals surface area (Å²) in [5.41, 5.74) is -0.331. The van der Waals surface area contributed by atoms with E-state index in [1.165, 1.54) is 19.3 Å². The van der Waals surface area contributed by atoms with E-state index in [0.29, 0.717) is 11.9 Å². The number of hydrogen-bond acceptors (Lipinski definition) is 3. The zero-order valence-corrected chi connectivity index (χ0v) is 15.6. The summed E-state index contributed by atoms with van der Waals surface area (Å²) in [6.07, 6.45) is 6.83. The first kappa shape index (κ1) is 19.9. The van der Waals surface area contributed by atoms with E-state index >= 15 is 0 Å². The fourth-order valence-corrected chi connectivity index (χ4v) is 2.99. The molecule has 140 valence electrons. The van der Waals surface area contributed by atoms with E-state index in [-0.39, 0.29) is 5.69 Å². The number of carboxylic acids is 1. The number of rotatable bonds is 10. The van der Waals surface area contributed by atoms with Gasteiger partial charge in [-0.05, 0) is 25.5 Å². The Labute approximate surface area is 154 Å². The molecular formula is C21H28N2O3. The van der Waals surface area contributed by atoms with Gasteiger partial charge in [-0.1, -0.05) is 69.7 Å². The van der Waals surface area contributed by atoms with Gasteiger partial charge >= 0.3 is 5.97 Å². The quantitative estimate of drug-likeness (QED) is 0.612. The highest BCUT2D eigenvalue weighted by molar-refractivity contribution is 5.98. The Bertz CT molecular complexity index is 760. The smallest absolute Gasteiger partial charge is 0.329 e. The molecule has 0 bridgehead atoms. The van der Waals surface area contributed by atoms with Crippen LogP contribution in [0.25, 0.3) is 10.9 Å². The fraction of sp³-hybridized carbons (Fsp3) is 0.476. The van der Waals surface area contributed by atoms with Crippen LogP contribution in [0.2, 0.25) is 0 Å². The number of carboxylic acid groups (broad SMARTS) is 1. The molecule has 2 aromatic rings. The number of carbonyl (C=O) groups excluding carboxylic acids is 1. The number of carbonyl (C=O) groups is 2. The Morgan fingerprint density at radius 3 is 2.46 bits per heavy atom. The van der Waals surface area contributed by atoms with Crippen LogP contribution in [-0.2, 0) is 4.79 Å². The van der Waals surface area contributed by atoms with E-state index in [9.17, 15) is 14.7 Å². The maximum absolute atomic E-state index is 12.5. The van der Waals surface area contributed by atoms with Crippen molar-refractivity contribution >= 4 is 22.8 Å². The number of para-hydroxylation sites is 1. The van der Waals surface area contributed by atoms with E-state index in [1.807, 2.05) is 30.3 Å². The molecule has 0 fully saturated rings. The van der Waals surface area contributed by atoms with Crippen molar-refractivity contribution in [3.63, 3.8) is 0 Å². The van der Waals surface area contributed by atoms with E-state index < -0.39 is 17.4 Å². The van der Waals surface area contributed by atoms with Gasteiger partial charge in [0, 0.05) is 5.39 Å². The lowest BCUT2D eigenvalue weighted by Gasteiger charge is -2.26. The second-order valence-electron chi connectivity index (χ2n) is 7.00. The molecule has 1 heterocycles. The van der Waals surface area contributed by atoms with Crippen molar-refractivity contribution < 1.29 is 14.7 Å². The molecule has 0 spiro atoms. The fourth-order valence-electron chi connectivity index (χ4n) is 2.99. The van der Waals surface area contributed by atoms with Gasteiger partial charge in [-0.2, -0.15) is 0 Å². The first-order valence-corrected chi connectivity index (χ1v) is 9.38. The lowest BCUT2D eigenvalue weighted by molar-refractivity contribution is -0.144. The molecule has 0 radical (unpaired) electrons. The number of aliphatic carboxylic acids is 1. The summed E-state index contributed by atoms with van der Waals surface area (Å²) in [6, 6.07) is 11.0. The predicted molar refractivity (Wildman–Crippen MR) is 103 cm³/mol. The molecule has 0 aliphatic heterocycles. The molecule has 1 atom stereocenters. The summed E-state index contributed by atoms with van der Waals surface area (Å²) in [5, 5.41) is 13.2. The molecule has 0 saturated heterocycles. The Hall–Kier alpha value is -2.43. The van der Waals surface area contributed by atoms with Gasteiger partial charge in [0.15, 0.2) is 0 Å². The standard InChI is InChI=1S/C21H28N2O3/c1-3-4-5-6-7-10-15-21(2,20(25)26)23-19(24)18-14-13-16-11-8-9-12-17(16)22-18/h8-9,11-14H,3-7,10,15H2,1-2H3,(H,23,24)(H,25,26). The number of nitrogens with one attached hydrogen (secondary N) is 1. The zero-order valence-electron chi connectivity index (χ0n) is 15.6. The highest BCUT2D eigenvalue weighted by Gasteiger charge is 2.34. The monoisotopic (exact) mass is 356 g/mol. The third-order valence-corrected chi connectivity index (χ3v) is 4.72.